The van der Waals surface area contributed by atoms with Crippen LogP contribution in [0.2, 0.25) is 0 Å². The second-order valence-electron chi connectivity index (χ2n) is 7.51. The maximum absolute atomic E-state index is 12.6. The predicted octanol–water partition coefficient (Wildman–Crippen LogP) is 3.19. The Kier molecular flexibility index (Phi) is 26.9. The van der Waals surface area contributed by atoms with E-state index in [0.29, 0.717) is 49.5 Å². The van der Waals surface area contributed by atoms with Crippen molar-refractivity contribution in [3.8, 4) is 12.8 Å². The summed E-state index contributed by atoms with van der Waals surface area (Å²) in [6.45, 7) is 17.0. The topological polar surface area (TPSA) is 126 Å². The normalized spacial score (nSPS) is 11.9. The van der Waals surface area contributed by atoms with Gasteiger partial charge in [-0.25, -0.2) is 12.7 Å². The first kappa shape index (κ1) is 39.3. The van der Waals surface area contributed by atoms with Crippen LogP contribution in [0.25, 0.3) is 0 Å². The van der Waals surface area contributed by atoms with Crippen LogP contribution in [-0.2, 0) is 19.6 Å². The third kappa shape index (κ3) is 22.6. The van der Waals surface area contributed by atoms with Gasteiger partial charge in [0.05, 0.1) is 5.75 Å². The van der Waals surface area contributed by atoms with Gasteiger partial charge in [-0.3, -0.25) is 4.79 Å². The molecular weight excluding hydrogens is 558 g/mol. The number of hydrogen-bond acceptors (Lipinski definition) is 7. The van der Waals surface area contributed by atoms with Gasteiger partial charge in [0.25, 0.3) is 0 Å². The summed E-state index contributed by atoms with van der Waals surface area (Å²) >= 11 is 3.34. The summed E-state index contributed by atoms with van der Waals surface area (Å²) in [6.07, 6.45) is 15.4. The van der Waals surface area contributed by atoms with Crippen molar-refractivity contribution in [3.63, 3.8) is 0 Å². The van der Waals surface area contributed by atoms with Gasteiger partial charge in [-0.15, -0.1) is 12.8 Å². The fraction of sp³-hybridized carbons (Fsp3) is 0.577. The number of nitrogens with one attached hydrogen (secondary N) is 3. The van der Waals surface area contributed by atoms with Gasteiger partial charge in [0.2, 0.25) is 15.9 Å². The Morgan fingerprint density at radius 1 is 1.22 bits per heavy atom. The van der Waals surface area contributed by atoms with Crippen molar-refractivity contribution >= 4 is 31.9 Å². The lowest BCUT2D eigenvalue weighted by Crippen LogP contribution is -2.38. The number of allylic oxidation sites excluding steroid dienone is 2. The average Bonchev–Trinajstić information content (AvgIpc) is 2.87. The van der Waals surface area contributed by atoms with E-state index in [4.69, 9.17) is 10.5 Å². The van der Waals surface area contributed by atoms with Crippen molar-refractivity contribution in [1.29, 1.82) is 0 Å². The van der Waals surface area contributed by atoms with Crippen LogP contribution < -0.4 is 21.7 Å². The number of likely N-dealkylation sites (N-methyl/N-ethyl adjacent to an activating group) is 1. The number of halogens is 1. The molecule has 9 nitrogen and oxygen atoms in total. The number of ether oxygens (including phenoxy) is 1. The van der Waals surface area contributed by atoms with E-state index < -0.39 is 10.0 Å². The van der Waals surface area contributed by atoms with Gasteiger partial charge in [-0.2, -0.15) is 0 Å². The second-order valence-corrected chi connectivity index (χ2v) is 10.2. The quantitative estimate of drug-likeness (QED) is 0.0472. The summed E-state index contributed by atoms with van der Waals surface area (Å²) in [5.41, 5.74) is 6.44. The summed E-state index contributed by atoms with van der Waals surface area (Å²) < 4.78 is 31.6. The molecule has 0 saturated heterocycles. The molecule has 0 bridgehead atoms. The Balaban J connectivity index is -0.00000274. The van der Waals surface area contributed by atoms with Crippen LogP contribution in [-0.4, -0.2) is 68.5 Å². The monoisotopic (exact) mass is 605 g/mol. The molecule has 0 aromatic heterocycles. The Morgan fingerprint density at radius 3 is 2.35 bits per heavy atom. The SMILES string of the molecule is C#C.C=C(N)O/C=C(\C)C(=O)NC/C=C(\C=C/CBr)NCCN(CC)S(=O)(=O)CCCNC(C)C.CC. The number of nitrogens with zero attached hydrogens (tertiary/aromatic N) is 1. The van der Waals surface area contributed by atoms with Crippen molar-refractivity contribution in [2.45, 2.75) is 54.0 Å². The van der Waals surface area contributed by atoms with Gasteiger partial charge in [-0.1, -0.05) is 56.6 Å². The first-order valence-electron chi connectivity index (χ1n) is 12.3. The number of alkyl halides is 1. The third-order valence-corrected chi connectivity index (χ3v) is 6.69. The van der Waals surface area contributed by atoms with E-state index in [1.807, 2.05) is 52.8 Å². The maximum atomic E-state index is 12.6. The maximum Gasteiger partial charge on any atom is 0.250 e. The number of terminal acetylenes is 1. The van der Waals surface area contributed by atoms with E-state index in [2.05, 4.69) is 51.3 Å². The van der Waals surface area contributed by atoms with Gasteiger partial charge < -0.3 is 26.4 Å². The van der Waals surface area contributed by atoms with E-state index in [-0.39, 0.29) is 24.1 Å². The molecule has 0 radical (unpaired) electrons. The first-order chi connectivity index (χ1) is 17.5. The van der Waals surface area contributed by atoms with Gasteiger partial charge in [0.1, 0.15) is 6.26 Å². The van der Waals surface area contributed by atoms with Crippen LogP contribution in [0.5, 0.6) is 0 Å². The zero-order valence-electron chi connectivity index (χ0n) is 23.3. The van der Waals surface area contributed by atoms with Crippen molar-refractivity contribution in [2.24, 2.45) is 5.73 Å². The minimum absolute atomic E-state index is 0.00352. The highest BCUT2D eigenvalue weighted by molar-refractivity contribution is 9.09. The highest BCUT2D eigenvalue weighted by Gasteiger charge is 2.19. The Labute approximate surface area is 234 Å². The predicted molar refractivity (Wildman–Crippen MR) is 160 cm³/mol. The van der Waals surface area contributed by atoms with Gasteiger partial charge in [-0.05, 0) is 38.6 Å². The van der Waals surface area contributed by atoms with Crippen molar-refractivity contribution in [1.82, 2.24) is 20.3 Å². The fourth-order valence-electron chi connectivity index (χ4n) is 2.57. The lowest BCUT2D eigenvalue weighted by Gasteiger charge is -2.21. The molecular formula is C26H48BrN5O4S. The lowest BCUT2D eigenvalue weighted by atomic mass is 10.3. The first-order valence-corrected chi connectivity index (χ1v) is 15.0. The average molecular weight is 607 g/mol. The summed E-state index contributed by atoms with van der Waals surface area (Å²) in [4.78, 5) is 12.1. The smallest absolute Gasteiger partial charge is 0.250 e. The van der Waals surface area contributed by atoms with Crippen LogP contribution in [0, 0.1) is 12.8 Å². The van der Waals surface area contributed by atoms with E-state index in [9.17, 15) is 13.2 Å². The summed E-state index contributed by atoms with van der Waals surface area (Å²) in [7, 11) is -3.32. The molecule has 0 aromatic carbocycles. The minimum Gasteiger partial charge on any atom is -0.449 e. The molecule has 0 fully saturated rings. The van der Waals surface area contributed by atoms with E-state index in [1.54, 1.807) is 6.92 Å². The number of amides is 1. The molecule has 0 aromatic rings. The largest absolute Gasteiger partial charge is 0.449 e. The van der Waals surface area contributed by atoms with Gasteiger partial charge in [0, 0.05) is 48.8 Å². The molecule has 214 valence electrons. The van der Waals surface area contributed by atoms with E-state index in [1.165, 1.54) is 10.6 Å². The molecule has 0 aliphatic heterocycles. The number of rotatable bonds is 18. The second kappa shape index (κ2) is 25.4. The summed E-state index contributed by atoms with van der Waals surface area (Å²) in [5, 5.41) is 9.89. The molecule has 0 heterocycles. The molecule has 0 aliphatic carbocycles. The minimum atomic E-state index is -3.32. The molecule has 0 saturated carbocycles. The number of sulfonamides is 1. The van der Waals surface area contributed by atoms with Crippen LogP contribution in [0.3, 0.4) is 0 Å². The highest BCUT2D eigenvalue weighted by atomic mass is 79.9. The van der Waals surface area contributed by atoms with Crippen LogP contribution in [0.1, 0.15) is 48.0 Å². The summed E-state index contributed by atoms with van der Waals surface area (Å²) in [6, 6.07) is 0.334. The third-order valence-electron chi connectivity index (χ3n) is 4.28. The molecule has 11 heteroatoms. The molecule has 5 N–H and O–H groups in total. The molecule has 0 unspecified atom stereocenters. The molecule has 0 spiro atoms. The number of carbonyl (C=O) groups is 1. The Hall–Kier alpha value is -2.26. The number of nitrogens with two attached hydrogens (primary N) is 1. The zero-order chi connectivity index (χ0) is 29.3. The van der Waals surface area contributed by atoms with E-state index in [0.717, 1.165) is 5.70 Å². The molecule has 1 amide bonds. The zero-order valence-corrected chi connectivity index (χ0v) is 25.8. The molecule has 0 aliphatic rings. The molecule has 37 heavy (non-hydrogen) atoms. The summed E-state index contributed by atoms with van der Waals surface area (Å²) in [5.74, 6) is -0.178. The van der Waals surface area contributed by atoms with Crippen LogP contribution in [0.15, 0.2) is 48.2 Å². The standard InChI is InChI=1S/C22H40BrN5O4S.C2H6.C2H2/c1-6-28(33(30,31)16-8-12-25-18(2)3)15-14-26-21(9-7-11-23)10-13-27-22(29)19(4)17-32-20(5)24;2*1-2/h7,9-10,17-18,25-26H,5-6,8,11-16,24H2,1-4H3,(H,27,29);1-2H3;1-2H/b9-7-,19-17+,21-10+;;. The van der Waals surface area contributed by atoms with Gasteiger partial charge >= 0.3 is 0 Å². The van der Waals surface area contributed by atoms with Crippen LogP contribution >= 0.6 is 15.9 Å². The molecule has 0 atom stereocenters. The fourth-order valence-corrected chi connectivity index (χ4v) is 4.29. The van der Waals surface area contributed by atoms with Crippen LogP contribution in [0.4, 0.5) is 0 Å². The Morgan fingerprint density at radius 2 is 1.84 bits per heavy atom. The van der Waals surface area contributed by atoms with Crippen molar-refractivity contribution in [2.75, 3.05) is 43.8 Å². The Bertz CT molecular complexity index is 837. The van der Waals surface area contributed by atoms with Crippen molar-refractivity contribution in [3.05, 3.63) is 48.2 Å². The molecule has 0 rings (SSSR count). The number of hydrogen-bond donors (Lipinski definition) is 4. The van der Waals surface area contributed by atoms with Crippen molar-refractivity contribution < 1.29 is 17.9 Å². The number of carbonyl (C=O) groups excluding carboxylic acids is 1. The lowest BCUT2D eigenvalue weighted by molar-refractivity contribution is -0.117. The van der Waals surface area contributed by atoms with Gasteiger partial charge in [0.15, 0.2) is 5.88 Å². The van der Waals surface area contributed by atoms with E-state index >= 15 is 0 Å². The highest BCUT2D eigenvalue weighted by Crippen LogP contribution is 2.04.